The first-order valence-electron chi connectivity index (χ1n) is 9.10. The fraction of sp³-hybridized carbons (Fsp3) is 0.273. The second-order valence-electron chi connectivity index (χ2n) is 6.25. The normalized spacial score (nSPS) is 13.3. The Hall–Kier alpha value is -3.08. The van der Waals surface area contributed by atoms with Crippen molar-refractivity contribution >= 4 is 24.1 Å². The molecule has 1 aromatic carbocycles. The van der Waals surface area contributed by atoms with Gasteiger partial charge in [-0.3, -0.25) is 5.41 Å². The average molecular weight is 364 g/mol. The summed E-state index contributed by atoms with van der Waals surface area (Å²) in [6.45, 7) is 9.75. The van der Waals surface area contributed by atoms with E-state index < -0.39 is 0 Å². The Morgan fingerprint density at radius 2 is 2.00 bits per heavy atom. The van der Waals surface area contributed by atoms with Gasteiger partial charge in [-0.2, -0.15) is 0 Å². The minimum absolute atomic E-state index is 0.421. The van der Waals surface area contributed by atoms with Gasteiger partial charge >= 0.3 is 0 Å². The van der Waals surface area contributed by atoms with Crippen LogP contribution in [-0.4, -0.2) is 17.7 Å². The zero-order chi connectivity index (χ0) is 19.8. The molecule has 0 radical (unpaired) electrons. The number of allylic oxidation sites excluding steroid dienone is 3. The van der Waals surface area contributed by atoms with E-state index in [4.69, 9.17) is 9.83 Å². The number of hydrogen-bond acceptors (Lipinski definition) is 5. The third-order valence-electron chi connectivity index (χ3n) is 4.11. The van der Waals surface area contributed by atoms with Crippen LogP contribution < -0.4 is 21.4 Å². The molecule has 1 aromatic heterocycles. The molecule has 3 N–H and O–H groups in total. The number of nitrogens with zero attached hydrogens (tertiary/aromatic N) is 1. The summed E-state index contributed by atoms with van der Waals surface area (Å²) in [5.74, 6) is 1.35. The van der Waals surface area contributed by atoms with Crippen LogP contribution in [0.2, 0.25) is 0 Å². The minimum atomic E-state index is 0.421. The summed E-state index contributed by atoms with van der Waals surface area (Å²) in [6, 6.07) is 9.89. The van der Waals surface area contributed by atoms with Gasteiger partial charge in [-0.05, 0) is 37.1 Å². The molecule has 0 spiro atoms. The van der Waals surface area contributed by atoms with Crippen LogP contribution in [-0.2, 0) is 0 Å². The van der Waals surface area contributed by atoms with Crippen molar-refractivity contribution in [3.05, 3.63) is 70.0 Å². The Labute approximate surface area is 160 Å². The van der Waals surface area contributed by atoms with E-state index in [0.29, 0.717) is 22.4 Å². The molecule has 0 saturated heterocycles. The molecule has 142 valence electrons. The smallest absolute Gasteiger partial charge is 0.192 e. The second-order valence-corrected chi connectivity index (χ2v) is 6.25. The van der Waals surface area contributed by atoms with Gasteiger partial charge in [0.15, 0.2) is 11.3 Å². The first-order chi connectivity index (χ1) is 13.0. The predicted octanol–water partition coefficient (Wildman–Crippen LogP) is 3.48. The summed E-state index contributed by atoms with van der Waals surface area (Å²) in [6.07, 6.45) is 5.78. The summed E-state index contributed by atoms with van der Waals surface area (Å²) < 4.78 is 5.62. The van der Waals surface area contributed by atoms with Crippen molar-refractivity contribution in [2.24, 2.45) is 0 Å². The van der Waals surface area contributed by atoms with E-state index in [0.717, 1.165) is 35.5 Å². The van der Waals surface area contributed by atoms with Gasteiger partial charge in [0.25, 0.3) is 0 Å². The highest BCUT2D eigenvalue weighted by molar-refractivity contribution is 6.15. The number of benzene rings is 1. The molecule has 0 fully saturated rings. The lowest BCUT2D eigenvalue weighted by Crippen LogP contribution is -2.23. The van der Waals surface area contributed by atoms with Crippen LogP contribution in [0.3, 0.4) is 0 Å². The first kappa shape index (κ1) is 20.2. The molecule has 1 heterocycles. The minimum Gasteiger partial charge on any atom is -0.441 e. The molecule has 0 amide bonds. The van der Waals surface area contributed by atoms with Gasteiger partial charge in [0.1, 0.15) is 11.2 Å². The fourth-order valence-electron chi connectivity index (χ4n) is 2.62. The van der Waals surface area contributed by atoms with Crippen LogP contribution >= 0.6 is 0 Å². The summed E-state index contributed by atoms with van der Waals surface area (Å²) in [5.41, 5.74) is 3.57. The van der Waals surface area contributed by atoms with Crippen LogP contribution in [0.1, 0.15) is 32.6 Å². The number of para-hydroxylation sites is 1. The molecule has 0 aliphatic heterocycles. The van der Waals surface area contributed by atoms with Crippen molar-refractivity contribution in [1.29, 1.82) is 5.41 Å². The van der Waals surface area contributed by atoms with E-state index in [1.165, 1.54) is 0 Å². The first-order valence-corrected chi connectivity index (χ1v) is 9.10. The molecule has 5 heteroatoms. The number of anilines is 1. The number of rotatable bonds is 8. The van der Waals surface area contributed by atoms with Crippen molar-refractivity contribution in [3.8, 4) is 0 Å². The number of oxazole rings is 1. The maximum absolute atomic E-state index is 8.74. The second kappa shape index (κ2) is 9.57. The van der Waals surface area contributed by atoms with E-state index in [1.54, 1.807) is 6.92 Å². The van der Waals surface area contributed by atoms with E-state index in [1.807, 2.05) is 50.4 Å². The van der Waals surface area contributed by atoms with Crippen molar-refractivity contribution in [2.45, 2.75) is 33.6 Å². The molecule has 0 saturated carbocycles. The third kappa shape index (κ3) is 5.45. The molecule has 0 bridgehead atoms. The zero-order valence-corrected chi connectivity index (χ0v) is 16.5. The maximum Gasteiger partial charge on any atom is 0.192 e. The fourth-order valence-corrected chi connectivity index (χ4v) is 2.62. The average Bonchev–Trinajstić information content (AvgIpc) is 2.99. The van der Waals surface area contributed by atoms with Crippen molar-refractivity contribution in [3.63, 3.8) is 0 Å². The van der Waals surface area contributed by atoms with Crippen LogP contribution in [0.4, 0.5) is 5.69 Å². The van der Waals surface area contributed by atoms with Gasteiger partial charge in [-0.15, -0.1) is 0 Å². The lowest BCUT2D eigenvalue weighted by Gasteiger charge is -2.16. The summed E-state index contributed by atoms with van der Waals surface area (Å²) in [7, 11) is 1.84. The molecular formula is C22H28N4O. The van der Waals surface area contributed by atoms with Gasteiger partial charge in [-0.1, -0.05) is 44.2 Å². The van der Waals surface area contributed by atoms with Crippen LogP contribution in [0.5, 0.6) is 0 Å². The topological polar surface area (TPSA) is 73.9 Å². The third-order valence-corrected chi connectivity index (χ3v) is 4.11. The summed E-state index contributed by atoms with van der Waals surface area (Å²) in [4.78, 5) is 4.21. The van der Waals surface area contributed by atoms with Gasteiger partial charge < -0.3 is 15.1 Å². The van der Waals surface area contributed by atoms with Crippen LogP contribution in [0.15, 0.2) is 57.8 Å². The number of aryl methyl sites for hydroxylation is 1. The summed E-state index contributed by atoms with van der Waals surface area (Å²) >= 11 is 0. The van der Waals surface area contributed by atoms with Crippen molar-refractivity contribution < 1.29 is 4.42 Å². The molecule has 2 rings (SSSR count). The Morgan fingerprint density at radius 3 is 2.56 bits per heavy atom. The van der Waals surface area contributed by atoms with Gasteiger partial charge in [0, 0.05) is 25.2 Å². The van der Waals surface area contributed by atoms with Gasteiger partial charge in [-0.25, -0.2) is 4.98 Å². The number of unbranched alkanes of at least 4 members (excludes halogenated alkanes) is 1. The number of hydrogen-bond donors (Lipinski definition) is 3. The van der Waals surface area contributed by atoms with Crippen LogP contribution in [0.25, 0.3) is 12.7 Å². The van der Waals surface area contributed by atoms with Crippen LogP contribution in [0, 0.1) is 12.3 Å². The van der Waals surface area contributed by atoms with Gasteiger partial charge in [0.2, 0.25) is 0 Å². The zero-order valence-electron chi connectivity index (χ0n) is 16.5. The van der Waals surface area contributed by atoms with Crippen molar-refractivity contribution in [1.82, 2.24) is 10.3 Å². The Balaban J connectivity index is 2.42. The van der Waals surface area contributed by atoms with Crippen molar-refractivity contribution in [2.75, 3.05) is 12.4 Å². The monoisotopic (exact) mass is 364 g/mol. The summed E-state index contributed by atoms with van der Waals surface area (Å²) in [5, 5.41) is 15.8. The Kier molecular flexibility index (Phi) is 7.17. The Morgan fingerprint density at radius 1 is 1.30 bits per heavy atom. The highest BCUT2D eigenvalue weighted by Crippen LogP contribution is 2.15. The van der Waals surface area contributed by atoms with E-state index >= 15 is 0 Å². The molecule has 0 unspecified atom stereocenters. The molecule has 0 aliphatic carbocycles. The lowest BCUT2D eigenvalue weighted by atomic mass is 10.0. The van der Waals surface area contributed by atoms with Gasteiger partial charge in [0.05, 0.1) is 5.71 Å². The molecule has 2 aromatic rings. The molecular weight excluding hydrogens is 336 g/mol. The quantitative estimate of drug-likeness (QED) is 0.627. The van der Waals surface area contributed by atoms with E-state index in [2.05, 4.69) is 35.2 Å². The SMILES string of the molecule is C=c1nc(C)o/c1=C/C(=C\CCC)C(=N)/C(C)=C(/NC)Nc1ccccc1. The molecule has 5 nitrogen and oxygen atoms in total. The lowest BCUT2D eigenvalue weighted by molar-refractivity contribution is 0.492. The standard InChI is InChI=1S/C22H28N4O/c1-6-7-11-18(14-20-16(3)25-17(4)27-20)21(23)15(2)22(24-5)26-19-12-9-8-10-13-19/h8-14,23-24,26H,3,6-7H2,1-2,4-5H3/b18-11+,20-14+,22-15-,23-21?. The van der Waals surface area contributed by atoms with E-state index in [9.17, 15) is 0 Å². The number of aromatic nitrogens is 1. The highest BCUT2D eigenvalue weighted by Gasteiger charge is 2.11. The predicted molar refractivity (Wildman–Crippen MR) is 113 cm³/mol. The van der Waals surface area contributed by atoms with E-state index in [-0.39, 0.29) is 0 Å². The molecule has 27 heavy (non-hydrogen) atoms. The number of nitrogens with one attached hydrogen (secondary N) is 3. The maximum atomic E-state index is 8.74. The molecule has 0 aliphatic rings. The largest absolute Gasteiger partial charge is 0.441 e. The highest BCUT2D eigenvalue weighted by atomic mass is 16.3. The molecule has 0 atom stereocenters. The Bertz CT molecular complexity index is 952.